The van der Waals surface area contributed by atoms with Gasteiger partial charge >= 0.3 is 0 Å². The Bertz CT molecular complexity index is 589. The Kier molecular flexibility index (Phi) is 4.50. The zero-order valence-corrected chi connectivity index (χ0v) is 12.8. The lowest BCUT2D eigenvalue weighted by Gasteiger charge is -2.17. The molecule has 0 saturated heterocycles. The summed E-state index contributed by atoms with van der Waals surface area (Å²) < 4.78 is 14.7. The van der Waals surface area contributed by atoms with Crippen LogP contribution in [-0.2, 0) is 0 Å². The molecule has 6 heteroatoms. The number of nitrogens with zero attached hydrogens (tertiary/aromatic N) is 2. The molecule has 1 atom stereocenters. The van der Waals surface area contributed by atoms with E-state index in [1.807, 2.05) is 6.92 Å². The van der Waals surface area contributed by atoms with Crippen molar-refractivity contribution < 1.29 is 4.39 Å². The molecule has 0 aliphatic heterocycles. The average Bonchev–Trinajstić information content (AvgIpc) is 2.41. The van der Waals surface area contributed by atoms with Crippen molar-refractivity contribution in [2.45, 2.75) is 13.0 Å². The summed E-state index contributed by atoms with van der Waals surface area (Å²) in [4.78, 5) is 8.45. The molecule has 3 nitrogen and oxygen atoms in total. The first-order valence-corrected chi connectivity index (χ1v) is 6.81. The summed E-state index contributed by atoms with van der Waals surface area (Å²) in [5.41, 5.74) is 1.90. The van der Waals surface area contributed by atoms with Crippen LogP contribution in [0.25, 0.3) is 0 Å². The van der Waals surface area contributed by atoms with Gasteiger partial charge in [-0.2, -0.15) is 0 Å². The highest BCUT2D eigenvalue weighted by Crippen LogP contribution is 2.32. The van der Waals surface area contributed by atoms with Gasteiger partial charge in [-0.05, 0) is 36.0 Å². The van der Waals surface area contributed by atoms with Gasteiger partial charge in [0.05, 0.1) is 28.6 Å². The van der Waals surface area contributed by atoms with Gasteiger partial charge in [-0.3, -0.25) is 9.97 Å². The van der Waals surface area contributed by atoms with Crippen LogP contribution >= 0.6 is 27.5 Å². The maximum Gasteiger partial charge on any atom is 0.148 e. The van der Waals surface area contributed by atoms with Crippen LogP contribution in [-0.4, -0.2) is 17.0 Å². The number of aromatic nitrogens is 2. The molecule has 2 rings (SSSR count). The Labute approximate surface area is 124 Å². The molecular formula is C13H12BrClFN3. The number of aryl methyl sites for hydroxylation is 1. The molecule has 0 aliphatic rings. The summed E-state index contributed by atoms with van der Waals surface area (Å²) in [6.07, 6.45) is 3.28. The molecule has 1 unspecified atom stereocenters. The molecular weight excluding hydrogens is 333 g/mol. The van der Waals surface area contributed by atoms with Crippen molar-refractivity contribution in [2.24, 2.45) is 0 Å². The number of halogens is 3. The third kappa shape index (κ3) is 2.94. The van der Waals surface area contributed by atoms with E-state index < -0.39 is 11.9 Å². The minimum Gasteiger partial charge on any atom is -0.308 e. The molecule has 1 heterocycles. The van der Waals surface area contributed by atoms with Crippen molar-refractivity contribution in [3.8, 4) is 0 Å². The summed E-state index contributed by atoms with van der Waals surface area (Å²) in [6.45, 7) is 1.85. The molecule has 19 heavy (non-hydrogen) atoms. The Morgan fingerprint density at radius 3 is 2.63 bits per heavy atom. The van der Waals surface area contributed by atoms with Crippen LogP contribution in [0.5, 0.6) is 0 Å². The number of benzene rings is 1. The van der Waals surface area contributed by atoms with E-state index in [1.165, 1.54) is 0 Å². The highest BCUT2D eigenvalue weighted by atomic mass is 79.9. The van der Waals surface area contributed by atoms with Crippen molar-refractivity contribution >= 4 is 27.5 Å². The second-order valence-electron chi connectivity index (χ2n) is 4.07. The molecule has 0 saturated carbocycles. The van der Waals surface area contributed by atoms with E-state index in [9.17, 15) is 4.39 Å². The van der Waals surface area contributed by atoms with Gasteiger partial charge in [0.15, 0.2) is 0 Å². The number of hydrogen-bond acceptors (Lipinski definition) is 3. The van der Waals surface area contributed by atoms with E-state index in [-0.39, 0.29) is 5.02 Å². The third-order valence-corrected chi connectivity index (χ3v) is 4.02. The second-order valence-corrected chi connectivity index (χ2v) is 5.30. The molecule has 0 aliphatic carbocycles. The van der Waals surface area contributed by atoms with Gasteiger partial charge in [0.25, 0.3) is 0 Å². The second kappa shape index (κ2) is 5.94. The highest BCUT2D eigenvalue weighted by Gasteiger charge is 2.20. The van der Waals surface area contributed by atoms with E-state index in [0.717, 1.165) is 5.69 Å². The van der Waals surface area contributed by atoms with Crippen LogP contribution in [0.4, 0.5) is 4.39 Å². The van der Waals surface area contributed by atoms with Gasteiger partial charge < -0.3 is 5.32 Å². The number of hydrogen-bond donors (Lipinski definition) is 1. The SMILES string of the molecule is CNC(c1cnc(C)cn1)c1ccc(Br)c(Cl)c1F. The molecule has 100 valence electrons. The van der Waals surface area contributed by atoms with Crippen molar-refractivity contribution in [2.75, 3.05) is 7.05 Å². The minimum atomic E-state index is -0.460. The van der Waals surface area contributed by atoms with Gasteiger partial charge in [0.1, 0.15) is 5.82 Å². The van der Waals surface area contributed by atoms with Crippen LogP contribution in [0.1, 0.15) is 23.0 Å². The van der Waals surface area contributed by atoms with E-state index >= 15 is 0 Å². The molecule has 0 spiro atoms. The fraction of sp³-hybridized carbons (Fsp3) is 0.231. The first-order chi connectivity index (χ1) is 9.04. The van der Waals surface area contributed by atoms with Crippen molar-refractivity contribution in [3.05, 3.63) is 56.8 Å². The first-order valence-electron chi connectivity index (χ1n) is 5.63. The van der Waals surface area contributed by atoms with Crippen LogP contribution in [0.2, 0.25) is 5.02 Å². The number of rotatable bonds is 3. The van der Waals surface area contributed by atoms with Gasteiger partial charge in [-0.25, -0.2) is 4.39 Å². The van der Waals surface area contributed by atoms with Crippen LogP contribution in [0, 0.1) is 12.7 Å². The van der Waals surface area contributed by atoms with Crippen molar-refractivity contribution in [1.82, 2.24) is 15.3 Å². The predicted molar refractivity (Wildman–Crippen MR) is 76.8 cm³/mol. The predicted octanol–water partition coefficient (Wildman–Crippen LogP) is 3.65. The van der Waals surface area contributed by atoms with Crippen LogP contribution < -0.4 is 5.32 Å². The van der Waals surface area contributed by atoms with Gasteiger partial charge in [0.2, 0.25) is 0 Å². The van der Waals surface area contributed by atoms with E-state index in [1.54, 1.807) is 31.6 Å². The normalized spacial score (nSPS) is 12.5. The first kappa shape index (κ1) is 14.4. The van der Waals surface area contributed by atoms with E-state index in [4.69, 9.17) is 11.6 Å². The largest absolute Gasteiger partial charge is 0.308 e. The average molecular weight is 345 g/mol. The van der Waals surface area contributed by atoms with Crippen molar-refractivity contribution in [3.63, 3.8) is 0 Å². The lowest BCUT2D eigenvalue weighted by atomic mass is 10.0. The Morgan fingerprint density at radius 2 is 2.05 bits per heavy atom. The summed E-state index contributed by atoms with van der Waals surface area (Å²) >= 11 is 9.11. The fourth-order valence-corrected chi connectivity index (χ4v) is 2.26. The minimum absolute atomic E-state index is 0.0674. The standard InChI is InChI=1S/C13H12BrClFN3/c1-7-5-19-10(6-18-7)13(17-2)8-3-4-9(14)11(15)12(8)16/h3-6,13,17H,1-2H3. The molecule has 1 aromatic carbocycles. The lowest BCUT2D eigenvalue weighted by molar-refractivity contribution is 0.569. The van der Waals surface area contributed by atoms with Gasteiger partial charge in [-0.1, -0.05) is 17.7 Å². The van der Waals surface area contributed by atoms with E-state index in [0.29, 0.717) is 15.7 Å². The maximum atomic E-state index is 14.2. The molecule has 0 amide bonds. The van der Waals surface area contributed by atoms with Crippen LogP contribution in [0.15, 0.2) is 29.0 Å². The number of nitrogens with one attached hydrogen (secondary N) is 1. The Hall–Kier alpha value is -1.04. The molecule has 2 aromatic rings. The quantitative estimate of drug-likeness (QED) is 0.864. The highest BCUT2D eigenvalue weighted by molar-refractivity contribution is 9.10. The zero-order valence-electron chi connectivity index (χ0n) is 10.4. The molecule has 0 fully saturated rings. The lowest BCUT2D eigenvalue weighted by Crippen LogP contribution is -2.20. The van der Waals surface area contributed by atoms with Gasteiger partial charge in [0, 0.05) is 16.2 Å². The molecule has 0 bridgehead atoms. The Morgan fingerprint density at radius 1 is 1.32 bits per heavy atom. The van der Waals surface area contributed by atoms with Gasteiger partial charge in [-0.15, -0.1) is 0 Å². The third-order valence-electron chi connectivity index (χ3n) is 2.76. The maximum absolute atomic E-state index is 14.2. The summed E-state index contributed by atoms with van der Waals surface area (Å²) in [5, 5.41) is 3.09. The zero-order chi connectivity index (χ0) is 14.0. The summed E-state index contributed by atoms with van der Waals surface area (Å²) in [6, 6.07) is 3.00. The topological polar surface area (TPSA) is 37.8 Å². The van der Waals surface area contributed by atoms with Crippen molar-refractivity contribution in [1.29, 1.82) is 0 Å². The molecule has 0 radical (unpaired) electrons. The molecule has 1 N–H and O–H groups in total. The smallest absolute Gasteiger partial charge is 0.148 e. The molecule has 1 aromatic heterocycles. The monoisotopic (exact) mass is 343 g/mol. The summed E-state index contributed by atoms with van der Waals surface area (Å²) in [7, 11) is 1.74. The van der Waals surface area contributed by atoms with E-state index in [2.05, 4.69) is 31.2 Å². The fourth-order valence-electron chi connectivity index (χ4n) is 1.78. The Balaban J connectivity index is 2.48. The summed E-state index contributed by atoms with van der Waals surface area (Å²) in [5.74, 6) is -0.460. The van der Waals surface area contributed by atoms with Crippen LogP contribution in [0.3, 0.4) is 0 Å².